The lowest BCUT2D eigenvalue weighted by molar-refractivity contribution is -0.133. The summed E-state index contributed by atoms with van der Waals surface area (Å²) in [5.74, 6) is 0.406. The molecule has 2 fully saturated rings. The minimum atomic E-state index is 0.406. The Labute approximate surface area is 131 Å². The highest BCUT2D eigenvalue weighted by molar-refractivity contribution is 5.76. The number of amides is 1. The Morgan fingerprint density at radius 2 is 1.57 bits per heavy atom. The Bertz CT molecular complexity index is 292. The van der Waals surface area contributed by atoms with Gasteiger partial charge in [-0.1, -0.05) is 39.0 Å². The van der Waals surface area contributed by atoms with E-state index in [0.29, 0.717) is 5.91 Å². The first-order valence-electron chi connectivity index (χ1n) is 9.33. The van der Waals surface area contributed by atoms with Crippen molar-refractivity contribution in [3.05, 3.63) is 0 Å². The van der Waals surface area contributed by atoms with Crippen LogP contribution in [0.1, 0.15) is 77.6 Å². The summed E-state index contributed by atoms with van der Waals surface area (Å²) in [7, 11) is 0. The number of rotatable bonds is 7. The standard InChI is InChI=1S/C18H34N2O/c1-2-3-4-5-7-10-18(21)20-15-11-17(12-16-20)19-13-8-6-9-14-19/h17H,2-16H2,1H3. The first-order valence-corrected chi connectivity index (χ1v) is 9.33. The van der Waals surface area contributed by atoms with E-state index in [9.17, 15) is 4.79 Å². The highest BCUT2D eigenvalue weighted by atomic mass is 16.2. The second-order valence-corrected chi connectivity index (χ2v) is 6.87. The number of likely N-dealkylation sites (tertiary alicyclic amines) is 2. The van der Waals surface area contributed by atoms with Crippen molar-refractivity contribution in [1.29, 1.82) is 0 Å². The maximum absolute atomic E-state index is 12.2. The van der Waals surface area contributed by atoms with Gasteiger partial charge in [-0.2, -0.15) is 0 Å². The molecular formula is C18H34N2O. The Kier molecular flexibility index (Phi) is 7.56. The van der Waals surface area contributed by atoms with E-state index in [1.165, 1.54) is 70.9 Å². The molecule has 0 atom stereocenters. The molecule has 2 saturated heterocycles. The fourth-order valence-electron chi connectivity index (χ4n) is 3.80. The maximum Gasteiger partial charge on any atom is 0.222 e. The van der Waals surface area contributed by atoms with Crippen LogP contribution in [0.3, 0.4) is 0 Å². The molecular weight excluding hydrogens is 260 g/mol. The smallest absolute Gasteiger partial charge is 0.222 e. The van der Waals surface area contributed by atoms with Crippen LogP contribution in [0, 0.1) is 0 Å². The Balaban J connectivity index is 1.60. The number of carbonyl (C=O) groups excluding carboxylic acids is 1. The predicted octanol–water partition coefficient (Wildman–Crippen LogP) is 3.82. The molecule has 0 aromatic heterocycles. The van der Waals surface area contributed by atoms with Crippen molar-refractivity contribution in [2.45, 2.75) is 83.6 Å². The summed E-state index contributed by atoms with van der Waals surface area (Å²) in [5.41, 5.74) is 0. The van der Waals surface area contributed by atoms with Gasteiger partial charge in [-0.05, 0) is 45.2 Å². The van der Waals surface area contributed by atoms with E-state index in [1.54, 1.807) is 0 Å². The second kappa shape index (κ2) is 9.45. The molecule has 0 N–H and O–H groups in total. The largest absolute Gasteiger partial charge is 0.343 e. The summed E-state index contributed by atoms with van der Waals surface area (Å²) in [4.78, 5) is 17.0. The van der Waals surface area contributed by atoms with Crippen molar-refractivity contribution >= 4 is 5.91 Å². The van der Waals surface area contributed by atoms with Crippen LogP contribution in [0.2, 0.25) is 0 Å². The maximum atomic E-state index is 12.2. The van der Waals surface area contributed by atoms with Crippen LogP contribution < -0.4 is 0 Å². The molecule has 0 bridgehead atoms. The van der Waals surface area contributed by atoms with Crippen molar-refractivity contribution in [3.63, 3.8) is 0 Å². The lowest BCUT2D eigenvalue weighted by atomic mass is 9.99. The summed E-state index contributed by atoms with van der Waals surface area (Å²) in [6.07, 6.45) is 13.5. The van der Waals surface area contributed by atoms with Gasteiger partial charge >= 0.3 is 0 Å². The number of hydrogen-bond acceptors (Lipinski definition) is 2. The van der Waals surface area contributed by atoms with E-state index in [2.05, 4.69) is 16.7 Å². The predicted molar refractivity (Wildman–Crippen MR) is 88.4 cm³/mol. The van der Waals surface area contributed by atoms with E-state index < -0.39 is 0 Å². The molecule has 0 unspecified atom stereocenters. The van der Waals surface area contributed by atoms with Crippen molar-refractivity contribution in [1.82, 2.24) is 9.80 Å². The normalized spacial score (nSPS) is 21.7. The lowest BCUT2D eigenvalue weighted by Gasteiger charge is -2.40. The van der Waals surface area contributed by atoms with Crippen LogP contribution in [0.15, 0.2) is 0 Å². The molecule has 0 aromatic rings. The summed E-state index contributed by atoms with van der Waals surface area (Å²) in [6.45, 7) is 6.80. The Morgan fingerprint density at radius 3 is 2.24 bits per heavy atom. The van der Waals surface area contributed by atoms with Gasteiger partial charge in [0, 0.05) is 25.6 Å². The van der Waals surface area contributed by atoms with Crippen LogP contribution in [0.4, 0.5) is 0 Å². The van der Waals surface area contributed by atoms with Gasteiger partial charge in [0.05, 0.1) is 0 Å². The third kappa shape index (κ3) is 5.61. The van der Waals surface area contributed by atoms with Crippen LogP contribution in [-0.2, 0) is 4.79 Å². The monoisotopic (exact) mass is 294 g/mol. The average molecular weight is 294 g/mol. The number of nitrogens with zero attached hydrogens (tertiary/aromatic N) is 2. The number of unbranched alkanes of at least 4 members (excludes halogenated alkanes) is 4. The molecule has 2 heterocycles. The fourth-order valence-corrected chi connectivity index (χ4v) is 3.80. The van der Waals surface area contributed by atoms with E-state index in [0.717, 1.165) is 32.0 Å². The summed E-state index contributed by atoms with van der Waals surface area (Å²) >= 11 is 0. The average Bonchev–Trinajstić information content (AvgIpc) is 2.55. The zero-order valence-corrected chi connectivity index (χ0v) is 14.0. The Morgan fingerprint density at radius 1 is 0.905 bits per heavy atom. The van der Waals surface area contributed by atoms with Crippen molar-refractivity contribution in [2.75, 3.05) is 26.2 Å². The topological polar surface area (TPSA) is 23.6 Å². The van der Waals surface area contributed by atoms with E-state index >= 15 is 0 Å². The van der Waals surface area contributed by atoms with Gasteiger partial charge < -0.3 is 9.80 Å². The SMILES string of the molecule is CCCCCCCC(=O)N1CCC(N2CCCCC2)CC1. The second-order valence-electron chi connectivity index (χ2n) is 6.87. The van der Waals surface area contributed by atoms with Gasteiger partial charge in [-0.15, -0.1) is 0 Å². The molecule has 3 heteroatoms. The molecule has 0 saturated carbocycles. The van der Waals surface area contributed by atoms with Gasteiger partial charge in [0.1, 0.15) is 0 Å². The van der Waals surface area contributed by atoms with Gasteiger partial charge in [0.2, 0.25) is 5.91 Å². The quantitative estimate of drug-likeness (QED) is 0.666. The van der Waals surface area contributed by atoms with Crippen LogP contribution in [-0.4, -0.2) is 47.9 Å². The van der Waals surface area contributed by atoms with Gasteiger partial charge in [0.25, 0.3) is 0 Å². The summed E-state index contributed by atoms with van der Waals surface area (Å²) in [5, 5.41) is 0. The van der Waals surface area contributed by atoms with E-state index in [-0.39, 0.29) is 0 Å². The highest BCUT2D eigenvalue weighted by Crippen LogP contribution is 2.21. The lowest BCUT2D eigenvalue weighted by Crippen LogP contribution is -2.48. The molecule has 2 rings (SSSR count). The van der Waals surface area contributed by atoms with Crippen molar-refractivity contribution < 1.29 is 4.79 Å². The molecule has 1 amide bonds. The zero-order chi connectivity index (χ0) is 14.9. The van der Waals surface area contributed by atoms with Crippen molar-refractivity contribution in [2.24, 2.45) is 0 Å². The molecule has 0 aliphatic carbocycles. The van der Waals surface area contributed by atoms with Gasteiger partial charge in [-0.3, -0.25) is 4.79 Å². The van der Waals surface area contributed by atoms with E-state index in [1.807, 2.05) is 0 Å². The van der Waals surface area contributed by atoms with Crippen LogP contribution in [0.5, 0.6) is 0 Å². The molecule has 0 radical (unpaired) electrons. The van der Waals surface area contributed by atoms with Crippen LogP contribution in [0.25, 0.3) is 0 Å². The summed E-state index contributed by atoms with van der Waals surface area (Å²) in [6, 6.07) is 0.749. The molecule has 2 aliphatic heterocycles. The summed E-state index contributed by atoms with van der Waals surface area (Å²) < 4.78 is 0. The first kappa shape index (κ1) is 16.8. The number of carbonyl (C=O) groups is 1. The Hall–Kier alpha value is -0.570. The fraction of sp³-hybridized carbons (Fsp3) is 0.944. The zero-order valence-electron chi connectivity index (χ0n) is 14.0. The van der Waals surface area contributed by atoms with Gasteiger partial charge in [-0.25, -0.2) is 0 Å². The minimum absolute atomic E-state index is 0.406. The van der Waals surface area contributed by atoms with Crippen molar-refractivity contribution in [3.8, 4) is 0 Å². The van der Waals surface area contributed by atoms with Crippen LogP contribution >= 0.6 is 0 Å². The number of hydrogen-bond donors (Lipinski definition) is 0. The molecule has 0 aromatic carbocycles. The highest BCUT2D eigenvalue weighted by Gasteiger charge is 2.27. The first-order chi connectivity index (χ1) is 10.3. The molecule has 122 valence electrons. The molecule has 0 spiro atoms. The molecule has 21 heavy (non-hydrogen) atoms. The third-order valence-corrected chi connectivity index (χ3v) is 5.22. The third-order valence-electron chi connectivity index (χ3n) is 5.22. The van der Waals surface area contributed by atoms with Gasteiger partial charge in [0.15, 0.2) is 0 Å². The molecule has 3 nitrogen and oxygen atoms in total. The molecule has 2 aliphatic rings. The van der Waals surface area contributed by atoms with E-state index in [4.69, 9.17) is 0 Å². The number of piperidine rings is 2. The minimum Gasteiger partial charge on any atom is -0.343 e.